The fraction of sp³-hybridized carbons (Fsp3) is 0.571. The van der Waals surface area contributed by atoms with Gasteiger partial charge >= 0.3 is 0 Å². The molecule has 3 heterocycles. The number of fused-ring (bicyclic) bond motifs is 1. The Labute approximate surface area is 122 Å². The lowest BCUT2D eigenvalue weighted by Gasteiger charge is -2.23. The van der Waals surface area contributed by atoms with Gasteiger partial charge < -0.3 is 4.57 Å². The number of hydrogen-bond acceptors (Lipinski definition) is 3. The molecule has 0 aromatic carbocycles. The normalized spacial score (nSPS) is 21.7. The summed E-state index contributed by atoms with van der Waals surface area (Å²) in [5.74, 6) is 2.25. The Hall–Kier alpha value is -0.740. The number of rotatable bonds is 3. The lowest BCUT2D eigenvalue weighted by Crippen LogP contribution is -2.18. The maximum Gasteiger partial charge on any atom is 0.127 e. The predicted octanol–water partition coefficient (Wildman–Crippen LogP) is 4.02. The third kappa shape index (κ3) is 2.75. The average Bonchev–Trinajstić information content (AvgIpc) is 2.79. The number of halogens is 1. The molecule has 102 valence electrons. The van der Waals surface area contributed by atoms with E-state index in [-0.39, 0.29) is 5.38 Å². The molecule has 2 aromatic rings. The van der Waals surface area contributed by atoms with Gasteiger partial charge in [-0.15, -0.1) is 11.6 Å². The van der Waals surface area contributed by atoms with Crippen LogP contribution in [0.15, 0.2) is 18.5 Å². The van der Waals surface area contributed by atoms with E-state index in [1.165, 1.54) is 25.0 Å². The predicted molar refractivity (Wildman–Crippen MR) is 81.9 cm³/mol. The van der Waals surface area contributed by atoms with E-state index in [9.17, 15) is 0 Å². The molecule has 3 rings (SSSR count). The van der Waals surface area contributed by atoms with Gasteiger partial charge in [0.05, 0.1) is 17.1 Å². The molecule has 3 nitrogen and oxygen atoms in total. The Morgan fingerprint density at radius 2 is 2.42 bits per heavy atom. The Morgan fingerprint density at radius 1 is 1.53 bits per heavy atom. The fourth-order valence-electron chi connectivity index (χ4n) is 2.65. The van der Waals surface area contributed by atoms with Crippen molar-refractivity contribution in [3.8, 4) is 0 Å². The van der Waals surface area contributed by atoms with Gasteiger partial charge in [-0.2, -0.15) is 11.8 Å². The van der Waals surface area contributed by atoms with Crippen LogP contribution in [0.25, 0.3) is 11.0 Å². The largest absolute Gasteiger partial charge is 0.326 e. The summed E-state index contributed by atoms with van der Waals surface area (Å²) in [5, 5.41) is 0.620. The zero-order valence-electron chi connectivity index (χ0n) is 11.1. The standard InChI is InChI=1S/C14H18ClN3S/c1-10(15)14-17-12-8-16-6-5-13(12)18(14)9-11-4-2-3-7-19-11/h5-6,8,10-11H,2-4,7,9H2,1H3. The summed E-state index contributed by atoms with van der Waals surface area (Å²) < 4.78 is 2.29. The minimum Gasteiger partial charge on any atom is -0.326 e. The summed E-state index contributed by atoms with van der Waals surface area (Å²) in [5.41, 5.74) is 2.11. The molecule has 0 amide bonds. The van der Waals surface area contributed by atoms with Crippen molar-refractivity contribution in [1.29, 1.82) is 0 Å². The zero-order valence-corrected chi connectivity index (χ0v) is 12.6. The molecular formula is C14H18ClN3S. The summed E-state index contributed by atoms with van der Waals surface area (Å²) in [6.07, 6.45) is 7.65. The number of aromatic nitrogens is 3. The van der Waals surface area contributed by atoms with Crippen LogP contribution in [0.1, 0.15) is 37.4 Å². The maximum atomic E-state index is 6.29. The third-order valence-electron chi connectivity index (χ3n) is 3.60. The van der Waals surface area contributed by atoms with Crippen molar-refractivity contribution >= 4 is 34.4 Å². The van der Waals surface area contributed by atoms with Crippen molar-refractivity contribution in [3.05, 3.63) is 24.3 Å². The first-order chi connectivity index (χ1) is 9.25. The summed E-state index contributed by atoms with van der Waals surface area (Å²) in [6.45, 7) is 3.00. The number of alkyl halides is 1. The third-order valence-corrected chi connectivity index (χ3v) is 5.17. The topological polar surface area (TPSA) is 30.7 Å². The van der Waals surface area contributed by atoms with Crippen LogP contribution >= 0.6 is 23.4 Å². The van der Waals surface area contributed by atoms with Crippen molar-refractivity contribution in [1.82, 2.24) is 14.5 Å². The van der Waals surface area contributed by atoms with Crippen molar-refractivity contribution in [2.45, 2.75) is 43.4 Å². The van der Waals surface area contributed by atoms with Gasteiger partial charge in [0, 0.05) is 18.0 Å². The molecule has 0 bridgehead atoms. The van der Waals surface area contributed by atoms with Crippen molar-refractivity contribution in [2.24, 2.45) is 0 Å². The highest BCUT2D eigenvalue weighted by Crippen LogP contribution is 2.30. The molecular weight excluding hydrogens is 278 g/mol. The molecule has 19 heavy (non-hydrogen) atoms. The van der Waals surface area contributed by atoms with Crippen molar-refractivity contribution < 1.29 is 0 Å². The number of hydrogen-bond donors (Lipinski definition) is 0. The van der Waals surface area contributed by atoms with Gasteiger partial charge in [-0.05, 0) is 31.6 Å². The first-order valence-electron chi connectivity index (χ1n) is 6.81. The molecule has 0 saturated carbocycles. The van der Waals surface area contributed by atoms with Gasteiger partial charge in [0.1, 0.15) is 11.3 Å². The molecule has 1 aliphatic heterocycles. The number of nitrogens with zero attached hydrogens (tertiary/aromatic N) is 3. The van der Waals surface area contributed by atoms with E-state index in [1.807, 2.05) is 25.4 Å². The Morgan fingerprint density at radius 3 is 3.16 bits per heavy atom. The van der Waals surface area contributed by atoms with E-state index in [0.717, 1.165) is 23.4 Å². The van der Waals surface area contributed by atoms with E-state index in [4.69, 9.17) is 11.6 Å². The van der Waals surface area contributed by atoms with Crippen LogP contribution in [0, 0.1) is 0 Å². The minimum absolute atomic E-state index is 0.0685. The van der Waals surface area contributed by atoms with Crippen LogP contribution < -0.4 is 0 Å². The second kappa shape index (κ2) is 5.71. The van der Waals surface area contributed by atoms with E-state index in [1.54, 1.807) is 0 Å². The second-order valence-corrected chi connectivity index (χ2v) is 7.11. The highest BCUT2D eigenvalue weighted by atomic mass is 35.5. The summed E-state index contributed by atoms with van der Waals surface area (Å²) in [7, 11) is 0. The maximum absolute atomic E-state index is 6.29. The lowest BCUT2D eigenvalue weighted by atomic mass is 10.2. The quantitative estimate of drug-likeness (QED) is 0.801. The van der Waals surface area contributed by atoms with Crippen LogP contribution in [0.4, 0.5) is 0 Å². The Balaban J connectivity index is 1.97. The average molecular weight is 296 g/mol. The number of pyridine rings is 1. The molecule has 2 aromatic heterocycles. The molecule has 2 atom stereocenters. The molecule has 0 radical (unpaired) electrons. The van der Waals surface area contributed by atoms with Gasteiger partial charge in [-0.1, -0.05) is 6.42 Å². The highest BCUT2D eigenvalue weighted by Gasteiger charge is 2.20. The van der Waals surface area contributed by atoms with Gasteiger partial charge in [-0.3, -0.25) is 4.98 Å². The van der Waals surface area contributed by atoms with E-state index in [0.29, 0.717) is 5.25 Å². The minimum atomic E-state index is -0.0685. The summed E-state index contributed by atoms with van der Waals surface area (Å²) >= 11 is 8.37. The van der Waals surface area contributed by atoms with Gasteiger partial charge in [-0.25, -0.2) is 4.98 Å². The molecule has 0 N–H and O–H groups in total. The molecule has 0 aliphatic carbocycles. The molecule has 5 heteroatoms. The summed E-state index contributed by atoms with van der Waals surface area (Å²) in [4.78, 5) is 8.79. The highest BCUT2D eigenvalue weighted by molar-refractivity contribution is 7.99. The van der Waals surface area contributed by atoms with Crippen LogP contribution in [0.5, 0.6) is 0 Å². The molecule has 1 fully saturated rings. The summed E-state index contributed by atoms with van der Waals surface area (Å²) in [6, 6.07) is 2.04. The lowest BCUT2D eigenvalue weighted by molar-refractivity contribution is 0.575. The number of thioether (sulfide) groups is 1. The first-order valence-corrected chi connectivity index (χ1v) is 8.30. The van der Waals surface area contributed by atoms with Crippen molar-refractivity contribution in [2.75, 3.05) is 5.75 Å². The van der Waals surface area contributed by atoms with Crippen LogP contribution in [-0.2, 0) is 6.54 Å². The number of imidazole rings is 1. The first kappa shape index (κ1) is 13.3. The van der Waals surface area contributed by atoms with E-state index < -0.39 is 0 Å². The van der Waals surface area contributed by atoms with Gasteiger partial charge in [0.15, 0.2) is 0 Å². The van der Waals surface area contributed by atoms with E-state index >= 15 is 0 Å². The molecule has 0 spiro atoms. The smallest absolute Gasteiger partial charge is 0.127 e. The van der Waals surface area contributed by atoms with Crippen LogP contribution in [0.3, 0.4) is 0 Å². The zero-order chi connectivity index (χ0) is 13.2. The fourth-order valence-corrected chi connectivity index (χ4v) is 4.11. The van der Waals surface area contributed by atoms with Crippen LogP contribution in [-0.4, -0.2) is 25.5 Å². The second-order valence-electron chi connectivity index (χ2n) is 5.05. The van der Waals surface area contributed by atoms with E-state index in [2.05, 4.69) is 26.3 Å². The van der Waals surface area contributed by atoms with Gasteiger partial charge in [0.25, 0.3) is 0 Å². The van der Waals surface area contributed by atoms with Crippen LogP contribution in [0.2, 0.25) is 0 Å². The van der Waals surface area contributed by atoms with Crippen molar-refractivity contribution in [3.63, 3.8) is 0 Å². The van der Waals surface area contributed by atoms with Gasteiger partial charge in [0.2, 0.25) is 0 Å². The monoisotopic (exact) mass is 295 g/mol. The molecule has 2 unspecified atom stereocenters. The Bertz CT molecular complexity index is 561. The SMILES string of the molecule is CC(Cl)c1nc2cnccc2n1CC1CCCCS1. The molecule has 1 aliphatic rings. The Kier molecular flexibility index (Phi) is 3.99. The molecule has 1 saturated heterocycles.